The predicted octanol–water partition coefficient (Wildman–Crippen LogP) is 2.69. The standard InChI is InChI=1S/C23H23N5O3/c1-15-18(16(2)31-27-15)9-10-22(29)25-13-21-19-7-3-4-8-20(19)23(30)28(26-21)14-17-6-5-11-24-12-17/h3-8,11-12H,9-10,13-14H2,1-2H3,(H,25,29). The third kappa shape index (κ3) is 4.53. The molecule has 8 nitrogen and oxygen atoms in total. The van der Waals surface area contributed by atoms with Gasteiger partial charge in [-0.25, -0.2) is 4.68 Å². The summed E-state index contributed by atoms with van der Waals surface area (Å²) in [4.78, 5) is 29.4. The van der Waals surface area contributed by atoms with Crippen molar-refractivity contribution in [1.82, 2.24) is 25.2 Å². The summed E-state index contributed by atoms with van der Waals surface area (Å²) in [6, 6.07) is 11.0. The molecule has 1 aromatic carbocycles. The maximum absolute atomic E-state index is 12.9. The van der Waals surface area contributed by atoms with Crippen molar-refractivity contribution >= 4 is 16.7 Å². The Kier molecular flexibility index (Phi) is 5.88. The molecule has 0 fully saturated rings. The van der Waals surface area contributed by atoms with Gasteiger partial charge in [0.15, 0.2) is 0 Å². The molecule has 0 atom stereocenters. The van der Waals surface area contributed by atoms with Crippen LogP contribution in [0.5, 0.6) is 0 Å². The molecule has 0 unspecified atom stereocenters. The lowest BCUT2D eigenvalue weighted by Crippen LogP contribution is -2.29. The number of nitrogens with zero attached hydrogens (tertiary/aromatic N) is 4. The molecule has 0 aliphatic carbocycles. The van der Waals surface area contributed by atoms with Gasteiger partial charge in [-0.2, -0.15) is 5.10 Å². The van der Waals surface area contributed by atoms with Crippen molar-refractivity contribution in [3.63, 3.8) is 0 Å². The van der Waals surface area contributed by atoms with Gasteiger partial charge < -0.3 is 9.84 Å². The Morgan fingerprint density at radius 1 is 1.13 bits per heavy atom. The fourth-order valence-corrected chi connectivity index (χ4v) is 3.58. The molecule has 0 spiro atoms. The summed E-state index contributed by atoms with van der Waals surface area (Å²) in [6.07, 6.45) is 4.26. The first kappa shape index (κ1) is 20.5. The van der Waals surface area contributed by atoms with Crippen molar-refractivity contribution in [3.8, 4) is 0 Å². The van der Waals surface area contributed by atoms with Crippen LogP contribution in [0.2, 0.25) is 0 Å². The molecule has 1 N–H and O–H groups in total. The summed E-state index contributed by atoms with van der Waals surface area (Å²) in [5, 5.41) is 12.7. The van der Waals surface area contributed by atoms with E-state index in [1.165, 1.54) is 4.68 Å². The third-order valence-electron chi connectivity index (χ3n) is 5.24. The third-order valence-corrected chi connectivity index (χ3v) is 5.24. The highest BCUT2D eigenvalue weighted by molar-refractivity contribution is 5.84. The second-order valence-electron chi connectivity index (χ2n) is 7.40. The minimum atomic E-state index is -0.173. The smallest absolute Gasteiger partial charge is 0.274 e. The van der Waals surface area contributed by atoms with E-state index in [2.05, 4.69) is 20.6 Å². The lowest BCUT2D eigenvalue weighted by molar-refractivity contribution is -0.121. The Balaban J connectivity index is 1.53. The van der Waals surface area contributed by atoms with Crippen molar-refractivity contribution < 1.29 is 9.32 Å². The molecule has 1 amide bonds. The second kappa shape index (κ2) is 8.91. The number of nitrogens with one attached hydrogen (secondary N) is 1. The van der Waals surface area contributed by atoms with E-state index >= 15 is 0 Å². The van der Waals surface area contributed by atoms with Crippen LogP contribution in [0, 0.1) is 13.8 Å². The minimum absolute atomic E-state index is 0.101. The van der Waals surface area contributed by atoms with E-state index < -0.39 is 0 Å². The maximum atomic E-state index is 12.9. The van der Waals surface area contributed by atoms with Gasteiger partial charge in [0.2, 0.25) is 5.91 Å². The molecule has 0 aliphatic rings. The van der Waals surface area contributed by atoms with E-state index in [-0.39, 0.29) is 18.0 Å². The summed E-state index contributed by atoms with van der Waals surface area (Å²) in [5.74, 6) is 0.635. The van der Waals surface area contributed by atoms with Gasteiger partial charge in [0.1, 0.15) is 5.76 Å². The lowest BCUT2D eigenvalue weighted by atomic mass is 10.1. The number of amides is 1. The molecule has 4 rings (SSSR count). The first-order chi connectivity index (χ1) is 15.0. The van der Waals surface area contributed by atoms with Gasteiger partial charge in [-0.05, 0) is 38.0 Å². The van der Waals surface area contributed by atoms with Crippen LogP contribution in [0.4, 0.5) is 0 Å². The van der Waals surface area contributed by atoms with E-state index in [0.29, 0.717) is 30.5 Å². The monoisotopic (exact) mass is 417 g/mol. The second-order valence-corrected chi connectivity index (χ2v) is 7.40. The van der Waals surface area contributed by atoms with Crippen LogP contribution in [-0.4, -0.2) is 25.8 Å². The van der Waals surface area contributed by atoms with Crippen LogP contribution >= 0.6 is 0 Å². The minimum Gasteiger partial charge on any atom is -0.361 e. The zero-order valence-corrected chi connectivity index (χ0v) is 17.5. The predicted molar refractivity (Wildman–Crippen MR) is 115 cm³/mol. The van der Waals surface area contributed by atoms with Crippen LogP contribution in [0.15, 0.2) is 58.1 Å². The molecule has 0 radical (unpaired) electrons. The molecular formula is C23H23N5O3. The highest BCUT2D eigenvalue weighted by Gasteiger charge is 2.14. The van der Waals surface area contributed by atoms with E-state index in [1.54, 1.807) is 18.5 Å². The molecule has 3 heterocycles. The summed E-state index contributed by atoms with van der Waals surface area (Å²) >= 11 is 0. The van der Waals surface area contributed by atoms with Gasteiger partial charge in [-0.15, -0.1) is 0 Å². The van der Waals surface area contributed by atoms with Crippen LogP contribution in [0.3, 0.4) is 0 Å². The average Bonchev–Trinajstić information content (AvgIpc) is 3.11. The molecule has 158 valence electrons. The number of pyridine rings is 1. The SMILES string of the molecule is Cc1noc(C)c1CCC(=O)NCc1nn(Cc2cccnc2)c(=O)c2ccccc12. The Bertz CT molecular complexity index is 1260. The molecule has 0 aliphatic heterocycles. The van der Waals surface area contributed by atoms with Crippen molar-refractivity contribution in [2.24, 2.45) is 0 Å². The quantitative estimate of drug-likeness (QED) is 0.496. The molecular weight excluding hydrogens is 394 g/mol. The fraction of sp³-hybridized carbons (Fsp3) is 0.261. The molecule has 3 aromatic heterocycles. The molecule has 0 saturated carbocycles. The summed E-state index contributed by atoms with van der Waals surface area (Å²) in [6.45, 7) is 4.25. The van der Waals surface area contributed by atoms with Crippen LogP contribution < -0.4 is 10.9 Å². The van der Waals surface area contributed by atoms with Crippen molar-refractivity contribution in [2.75, 3.05) is 0 Å². The van der Waals surface area contributed by atoms with Crippen molar-refractivity contribution in [1.29, 1.82) is 0 Å². The number of benzene rings is 1. The van der Waals surface area contributed by atoms with Gasteiger partial charge in [-0.1, -0.05) is 29.4 Å². The topological polar surface area (TPSA) is 103 Å². The zero-order chi connectivity index (χ0) is 21.8. The number of fused-ring (bicyclic) bond motifs is 1. The van der Waals surface area contributed by atoms with E-state index in [0.717, 1.165) is 28.0 Å². The Morgan fingerprint density at radius 3 is 2.65 bits per heavy atom. The van der Waals surface area contributed by atoms with E-state index in [4.69, 9.17) is 4.52 Å². The Labute approximate surface area is 178 Å². The van der Waals surface area contributed by atoms with Crippen LogP contribution in [0.1, 0.15) is 34.7 Å². The van der Waals surface area contributed by atoms with Gasteiger partial charge in [0.05, 0.1) is 29.9 Å². The van der Waals surface area contributed by atoms with E-state index in [1.807, 2.05) is 44.2 Å². The van der Waals surface area contributed by atoms with Gasteiger partial charge in [0, 0.05) is 29.8 Å². The Hall–Kier alpha value is -3.81. The number of rotatable bonds is 7. The number of hydrogen-bond acceptors (Lipinski definition) is 6. The van der Waals surface area contributed by atoms with E-state index in [9.17, 15) is 9.59 Å². The van der Waals surface area contributed by atoms with Gasteiger partial charge in [0.25, 0.3) is 5.56 Å². The molecule has 0 saturated heterocycles. The molecule has 0 bridgehead atoms. The highest BCUT2D eigenvalue weighted by Crippen LogP contribution is 2.15. The number of hydrogen-bond donors (Lipinski definition) is 1. The maximum Gasteiger partial charge on any atom is 0.274 e. The number of carbonyl (C=O) groups is 1. The van der Waals surface area contributed by atoms with Crippen molar-refractivity contribution in [3.05, 3.63) is 87.4 Å². The normalized spacial score (nSPS) is 11.0. The largest absolute Gasteiger partial charge is 0.361 e. The fourth-order valence-electron chi connectivity index (χ4n) is 3.58. The number of carbonyl (C=O) groups excluding carboxylic acids is 1. The lowest BCUT2D eigenvalue weighted by Gasteiger charge is -2.12. The molecule has 8 heteroatoms. The van der Waals surface area contributed by atoms with Gasteiger partial charge >= 0.3 is 0 Å². The van der Waals surface area contributed by atoms with Crippen molar-refractivity contribution in [2.45, 2.75) is 39.8 Å². The van der Waals surface area contributed by atoms with Gasteiger partial charge in [-0.3, -0.25) is 14.6 Å². The highest BCUT2D eigenvalue weighted by atomic mass is 16.5. The van der Waals surface area contributed by atoms with Crippen LogP contribution in [-0.2, 0) is 24.3 Å². The molecule has 31 heavy (non-hydrogen) atoms. The van der Waals surface area contributed by atoms with Crippen LogP contribution in [0.25, 0.3) is 10.8 Å². The first-order valence-corrected chi connectivity index (χ1v) is 10.1. The summed E-state index contributed by atoms with van der Waals surface area (Å²) in [7, 11) is 0. The summed E-state index contributed by atoms with van der Waals surface area (Å²) < 4.78 is 6.57. The summed E-state index contributed by atoms with van der Waals surface area (Å²) in [5.41, 5.74) is 3.11. The average molecular weight is 417 g/mol. The first-order valence-electron chi connectivity index (χ1n) is 10.1. The molecule has 4 aromatic rings. The number of aryl methyl sites for hydroxylation is 2. The Morgan fingerprint density at radius 2 is 1.94 bits per heavy atom. The zero-order valence-electron chi connectivity index (χ0n) is 17.5. The number of aromatic nitrogens is 4.